The molecule has 1 aliphatic rings. The van der Waals surface area contributed by atoms with Crippen molar-refractivity contribution in [2.24, 2.45) is 17.1 Å². The first-order valence-corrected chi connectivity index (χ1v) is 10.5. The maximum absolute atomic E-state index is 11.4. The zero-order chi connectivity index (χ0) is 20.1. The Morgan fingerprint density at radius 3 is 2.57 bits per heavy atom. The summed E-state index contributed by atoms with van der Waals surface area (Å²) in [5.74, 6) is 1.39. The molecular formula is C25H33NO2. The van der Waals surface area contributed by atoms with Gasteiger partial charge in [0.05, 0.1) is 6.61 Å². The number of ether oxygens (including phenoxy) is 1. The van der Waals surface area contributed by atoms with Crippen molar-refractivity contribution >= 4 is 5.91 Å². The maximum Gasteiger partial charge on any atom is 0.248 e. The number of primary amides is 1. The van der Waals surface area contributed by atoms with Crippen LogP contribution in [0.4, 0.5) is 0 Å². The molecule has 0 atom stereocenters. The van der Waals surface area contributed by atoms with Crippen LogP contribution in [0.3, 0.4) is 0 Å². The highest BCUT2D eigenvalue weighted by atomic mass is 16.5. The summed E-state index contributed by atoms with van der Waals surface area (Å²) < 4.78 is 6.00. The minimum absolute atomic E-state index is 0.402. The van der Waals surface area contributed by atoms with E-state index in [1.54, 1.807) is 6.07 Å². The Morgan fingerprint density at radius 2 is 1.89 bits per heavy atom. The number of amides is 1. The highest BCUT2D eigenvalue weighted by Gasteiger charge is 2.26. The molecule has 0 radical (unpaired) electrons. The fourth-order valence-corrected chi connectivity index (χ4v) is 4.20. The lowest BCUT2D eigenvalue weighted by Crippen LogP contribution is -2.21. The number of hydrogen-bond acceptors (Lipinski definition) is 2. The van der Waals surface area contributed by atoms with Crippen LogP contribution >= 0.6 is 0 Å². The summed E-state index contributed by atoms with van der Waals surface area (Å²) in [4.78, 5) is 11.4. The lowest BCUT2D eigenvalue weighted by Gasteiger charge is -2.34. The van der Waals surface area contributed by atoms with Gasteiger partial charge in [-0.3, -0.25) is 4.79 Å². The van der Waals surface area contributed by atoms with Crippen molar-refractivity contribution in [3.05, 3.63) is 53.6 Å². The Bertz CT molecular complexity index is 815. The quantitative estimate of drug-likeness (QED) is 0.588. The smallest absolute Gasteiger partial charge is 0.248 e. The summed E-state index contributed by atoms with van der Waals surface area (Å²) in [6, 6.07) is 13.6. The Kier molecular flexibility index (Phi) is 6.43. The Morgan fingerprint density at radius 1 is 1.14 bits per heavy atom. The van der Waals surface area contributed by atoms with Gasteiger partial charge in [-0.1, -0.05) is 32.0 Å². The third-order valence-corrected chi connectivity index (χ3v) is 6.14. The molecule has 0 saturated heterocycles. The first-order chi connectivity index (χ1) is 13.3. The van der Waals surface area contributed by atoms with Crippen LogP contribution in [0.25, 0.3) is 11.1 Å². The maximum atomic E-state index is 11.4. The predicted octanol–water partition coefficient (Wildman–Crippen LogP) is 6.14. The van der Waals surface area contributed by atoms with Crippen LogP contribution in [-0.2, 0) is 0 Å². The van der Waals surface area contributed by atoms with Crippen LogP contribution in [0.1, 0.15) is 68.3 Å². The number of carbonyl (C=O) groups is 1. The second-order valence-corrected chi connectivity index (χ2v) is 9.02. The van der Waals surface area contributed by atoms with E-state index in [0.717, 1.165) is 41.4 Å². The third-order valence-electron chi connectivity index (χ3n) is 6.14. The van der Waals surface area contributed by atoms with E-state index < -0.39 is 5.91 Å². The Hall–Kier alpha value is -2.29. The summed E-state index contributed by atoms with van der Waals surface area (Å²) in [7, 11) is 0. The zero-order valence-electron chi connectivity index (χ0n) is 17.5. The Labute approximate surface area is 169 Å². The number of aryl methyl sites for hydroxylation is 1. The number of carbonyl (C=O) groups excluding carboxylic acids is 1. The van der Waals surface area contributed by atoms with Crippen molar-refractivity contribution < 1.29 is 9.53 Å². The lowest BCUT2D eigenvalue weighted by atomic mass is 9.72. The molecule has 0 heterocycles. The van der Waals surface area contributed by atoms with E-state index in [-0.39, 0.29) is 0 Å². The first-order valence-electron chi connectivity index (χ1n) is 10.5. The van der Waals surface area contributed by atoms with E-state index in [2.05, 4.69) is 32.9 Å². The standard InChI is InChI=1S/C25H33NO2/c1-18-16-22(28-15-5-6-19-11-13-25(2,3)14-12-19)9-10-23(18)20-7-4-8-21(17-20)24(26)27/h4,7-10,16-17,19H,5-6,11-15H2,1-3H3,(H2,26,27). The molecule has 0 bridgehead atoms. The fraction of sp³-hybridized carbons (Fsp3) is 0.480. The van der Waals surface area contributed by atoms with Gasteiger partial charge in [0.1, 0.15) is 5.75 Å². The molecule has 2 N–H and O–H groups in total. The summed E-state index contributed by atoms with van der Waals surface area (Å²) >= 11 is 0. The number of nitrogens with two attached hydrogens (primary N) is 1. The van der Waals surface area contributed by atoms with Gasteiger partial charge in [0.25, 0.3) is 0 Å². The minimum Gasteiger partial charge on any atom is -0.494 e. The van der Waals surface area contributed by atoms with Gasteiger partial charge in [-0.05, 0) is 97.7 Å². The van der Waals surface area contributed by atoms with Crippen LogP contribution in [-0.4, -0.2) is 12.5 Å². The molecule has 1 amide bonds. The molecule has 1 saturated carbocycles. The van der Waals surface area contributed by atoms with Crippen molar-refractivity contribution in [1.82, 2.24) is 0 Å². The van der Waals surface area contributed by atoms with E-state index >= 15 is 0 Å². The molecule has 2 aromatic carbocycles. The molecule has 0 aromatic heterocycles. The van der Waals surface area contributed by atoms with Gasteiger partial charge < -0.3 is 10.5 Å². The molecule has 3 heteroatoms. The number of benzene rings is 2. The Balaban J connectivity index is 1.52. The van der Waals surface area contributed by atoms with Crippen LogP contribution in [0.2, 0.25) is 0 Å². The molecule has 28 heavy (non-hydrogen) atoms. The van der Waals surface area contributed by atoms with Gasteiger partial charge in [0.2, 0.25) is 5.91 Å². The molecule has 0 unspecified atom stereocenters. The second-order valence-electron chi connectivity index (χ2n) is 9.02. The SMILES string of the molecule is Cc1cc(OCCCC2CCC(C)(C)CC2)ccc1-c1cccc(C(N)=O)c1. The predicted molar refractivity (Wildman–Crippen MR) is 116 cm³/mol. The average molecular weight is 380 g/mol. The highest BCUT2D eigenvalue weighted by molar-refractivity contribution is 5.94. The molecule has 2 aromatic rings. The average Bonchev–Trinajstić information content (AvgIpc) is 2.66. The van der Waals surface area contributed by atoms with Crippen LogP contribution in [0.15, 0.2) is 42.5 Å². The molecular weight excluding hydrogens is 346 g/mol. The monoisotopic (exact) mass is 379 g/mol. The molecule has 0 spiro atoms. The molecule has 3 rings (SSSR count). The van der Waals surface area contributed by atoms with E-state index in [1.165, 1.54) is 32.1 Å². The third kappa shape index (κ3) is 5.37. The van der Waals surface area contributed by atoms with E-state index in [1.807, 2.05) is 24.3 Å². The highest BCUT2D eigenvalue weighted by Crippen LogP contribution is 2.39. The largest absolute Gasteiger partial charge is 0.494 e. The van der Waals surface area contributed by atoms with Gasteiger partial charge >= 0.3 is 0 Å². The van der Waals surface area contributed by atoms with Gasteiger partial charge in [-0.2, -0.15) is 0 Å². The number of hydrogen-bond donors (Lipinski definition) is 1. The summed E-state index contributed by atoms with van der Waals surface area (Å²) in [6.45, 7) is 7.63. The molecule has 1 fully saturated rings. The van der Waals surface area contributed by atoms with E-state index in [4.69, 9.17) is 10.5 Å². The van der Waals surface area contributed by atoms with Gasteiger partial charge in [0, 0.05) is 5.56 Å². The summed E-state index contributed by atoms with van der Waals surface area (Å²) in [5, 5.41) is 0. The van der Waals surface area contributed by atoms with E-state index in [9.17, 15) is 4.79 Å². The summed E-state index contributed by atoms with van der Waals surface area (Å²) in [5.41, 5.74) is 9.71. The normalized spacial score (nSPS) is 16.7. The topological polar surface area (TPSA) is 52.3 Å². The van der Waals surface area contributed by atoms with Gasteiger partial charge in [0.15, 0.2) is 0 Å². The van der Waals surface area contributed by atoms with Gasteiger partial charge in [-0.15, -0.1) is 0 Å². The minimum atomic E-state index is -0.402. The van der Waals surface area contributed by atoms with Crippen molar-refractivity contribution in [2.75, 3.05) is 6.61 Å². The van der Waals surface area contributed by atoms with Crippen LogP contribution in [0.5, 0.6) is 5.75 Å². The van der Waals surface area contributed by atoms with E-state index in [0.29, 0.717) is 11.0 Å². The van der Waals surface area contributed by atoms with Crippen molar-refractivity contribution in [1.29, 1.82) is 0 Å². The zero-order valence-corrected chi connectivity index (χ0v) is 17.5. The van der Waals surface area contributed by atoms with Crippen LogP contribution < -0.4 is 10.5 Å². The van der Waals surface area contributed by atoms with Crippen molar-refractivity contribution in [3.8, 4) is 16.9 Å². The van der Waals surface area contributed by atoms with Gasteiger partial charge in [-0.25, -0.2) is 0 Å². The van der Waals surface area contributed by atoms with Crippen molar-refractivity contribution in [2.45, 2.75) is 59.3 Å². The lowest BCUT2D eigenvalue weighted by molar-refractivity contribution is 0.100. The molecule has 150 valence electrons. The molecule has 3 nitrogen and oxygen atoms in total. The number of rotatable bonds is 7. The fourth-order valence-electron chi connectivity index (χ4n) is 4.20. The second kappa shape index (κ2) is 8.81. The summed E-state index contributed by atoms with van der Waals surface area (Å²) in [6.07, 6.45) is 7.84. The van der Waals surface area contributed by atoms with Crippen molar-refractivity contribution in [3.63, 3.8) is 0 Å². The molecule has 1 aliphatic carbocycles. The van der Waals surface area contributed by atoms with Crippen LogP contribution in [0, 0.1) is 18.3 Å². The molecule has 0 aliphatic heterocycles. The first kappa shape index (κ1) is 20.4.